The van der Waals surface area contributed by atoms with E-state index in [-0.39, 0.29) is 5.56 Å². The Bertz CT molecular complexity index is 1630. The molecule has 0 saturated carbocycles. The van der Waals surface area contributed by atoms with Gasteiger partial charge in [-0.25, -0.2) is 4.68 Å². The van der Waals surface area contributed by atoms with Crippen molar-refractivity contribution in [2.75, 3.05) is 20.8 Å². The lowest BCUT2D eigenvalue weighted by molar-refractivity contribution is 0.169. The summed E-state index contributed by atoms with van der Waals surface area (Å²) in [5.41, 5.74) is 5.55. The van der Waals surface area contributed by atoms with Gasteiger partial charge in [-0.1, -0.05) is 54.6 Å². The van der Waals surface area contributed by atoms with E-state index in [2.05, 4.69) is 50.5 Å². The van der Waals surface area contributed by atoms with Crippen molar-refractivity contribution < 1.29 is 9.47 Å². The summed E-state index contributed by atoms with van der Waals surface area (Å²) in [7, 11) is 3.30. The molecule has 1 unspecified atom stereocenters. The summed E-state index contributed by atoms with van der Waals surface area (Å²) in [6, 6.07) is 23.8. The maximum atomic E-state index is 13.9. The molecule has 0 bridgehead atoms. The number of nitrogens with one attached hydrogen (secondary N) is 1. The molecule has 3 aromatic carbocycles. The van der Waals surface area contributed by atoms with Gasteiger partial charge in [-0.05, 0) is 64.7 Å². The average Bonchev–Trinajstić information content (AvgIpc) is 3.43. The summed E-state index contributed by atoms with van der Waals surface area (Å²) < 4.78 is 12.4. The molecule has 0 saturated heterocycles. The van der Waals surface area contributed by atoms with Crippen LogP contribution in [0.15, 0.2) is 77.6 Å². The molecule has 0 aliphatic rings. The molecule has 9 nitrogen and oxygen atoms in total. The molecule has 206 valence electrons. The van der Waals surface area contributed by atoms with Gasteiger partial charge < -0.3 is 14.5 Å². The average molecular weight is 539 g/mol. The number of aromatic nitrogens is 5. The number of ether oxygens (including phenoxy) is 2. The van der Waals surface area contributed by atoms with E-state index >= 15 is 0 Å². The Morgan fingerprint density at radius 1 is 0.925 bits per heavy atom. The highest BCUT2D eigenvalue weighted by molar-refractivity contribution is 5.85. The molecular weight excluding hydrogens is 504 g/mol. The third kappa shape index (κ3) is 5.80. The van der Waals surface area contributed by atoms with Crippen molar-refractivity contribution in [2.24, 2.45) is 0 Å². The summed E-state index contributed by atoms with van der Waals surface area (Å²) in [4.78, 5) is 19.3. The van der Waals surface area contributed by atoms with Crippen LogP contribution in [-0.2, 0) is 24.4 Å². The lowest BCUT2D eigenvalue weighted by Gasteiger charge is -2.31. The smallest absolute Gasteiger partial charge is 0.253 e. The second-order valence-corrected chi connectivity index (χ2v) is 9.94. The molecule has 5 rings (SSSR count). The van der Waals surface area contributed by atoms with Crippen LogP contribution in [0, 0.1) is 13.8 Å². The Kier molecular flexibility index (Phi) is 8.33. The predicted molar refractivity (Wildman–Crippen MR) is 154 cm³/mol. The number of aromatic amines is 1. The van der Waals surface area contributed by atoms with Gasteiger partial charge in [0.2, 0.25) is 0 Å². The summed E-state index contributed by atoms with van der Waals surface area (Å²) in [6.07, 6.45) is 0. The highest BCUT2D eigenvalue weighted by Crippen LogP contribution is 2.31. The van der Waals surface area contributed by atoms with Crippen LogP contribution < -0.4 is 10.3 Å². The lowest BCUT2D eigenvalue weighted by atomic mass is 9.98. The van der Waals surface area contributed by atoms with Gasteiger partial charge in [-0.2, -0.15) is 0 Å². The minimum atomic E-state index is -0.540. The number of H-pyrrole nitrogens is 1. The predicted octanol–water partition coefficient (Wildman–Crippen LogP) is 4.58. The number of aryl methyl sites for hydroxylation is 2. The molecule has 5 aromatic rings. The first-order chi connectivity index (χ1) is 19.5. The van der Waals surface area contributed by atoms with Crippen molar-refractivity contribution in [3.05, 3.63) is 117 Å². The van der Waals surface area contributed by atoms with Crippen molar-refractivity contribution >= 4 is 10.9 Å². The van der Waals surface area contributed by atoms with Crippen LogP contribution in [0.5, 0.6) is 5.75 Å². The minimum absolute atomic E-state index is 0.166. The number of hydrogen-bond acceptors (Lipinski definition) is 7. The molecule has 2 heterocycles. The minimum Gasteiger partial charge on any atom is -0.497 e. The molecule has 0 fully saturated rings. The van der Waals surface area contributed by atoms with Crippen molar-refractivity contribution in [2.45, 2.75) is 39.5 Å². The zero-order chi connectivity index (χ0) is 28.1. The van der Waals surface area contributed by atoms with Gasteiger partial charge >= 0.3 is 0 Å². The molecular formula is C31H34N6O3. The van der Waals surface area contributed by atoms with Gasteiger partial charge in [0.1, 0.15) is 11.8 Å². The Balaban J connectivity index is 1.70. The van der Waals surface area contributed by atoms with Gasteiger partial charge in [-0.15, -0.1) is 5.10 Å². The maximum Gasteiger partial charge on any atom is 0.253 e. The molecule has 0 aliphatic carbocycles. The first-order valence-corrected chi connectivity index (χ1v) is 13.3. The summed E-state index contributed by atoms with van der Waals surface area (Å²) in [5, 5.41) is 13.7. The lowest BCUT2D eigenvalue weighted by Crippen LogP contribution is -2.35. The Labute approximate surface area is 233 Å². The van der Waals surface area contributed by atoms with Crippen LogP contribution in [0.3, 0.4) is 0 Å². The zero-order valence-electron chi connectivity index (χ0n) is 23.3. The number of fused-ring (bicyclic) bond motifs is 1. The summed E-state index contributed by atoms with van der Waals surface area (Å²) in [6.45, 7) is 6.07. The zero-order valence-corrected chi connectivity index (χ0v) is 23.3. The topological polar surface area (TPSA) is 98.2 Å². The molecule has 1 N–H and O–H groups in total. The fourth-order valence-corrected chi connectivity index (χ4v) is 5.06. The molecule has 9 heteroatoms. The first-order valence-electron chi connectivity index (χ1n) is 13.3. The number of benzene rings is 3. The number of methoxy groups -OCH3 is 2. The van der Waals surface area contributed by atoms with Crippen molar-refractivity contribution in [3.8, 4) is 5.75 Å². The summed E-state index contributed by atoms with van der Waals surface area (Å²) >= 11 is 0. The second kappa shape index (κ2) is 12.2. The Morgan fingerprint density at radius 3 is 2.33 bits per heavy atom. The molecule has 0 radical (unpaired) electrons. The monoisotopic (exact) mass is 538 g/mol. The van der Waals surface area contributed by atoms with E-state index in [1.165, 1.54) is 0 Å². The largest absolute Gasteiger partial charge is 0.497 e. The Morgan fingerprint density at radius 2 is 1.62 bits per heavy atom. The molecule has 1 atom stereocenters. The van der Waals surface area contributed by atoms with Gasteiger partial charge in [0.15, 0.2) is 5.82 Å². The van der Waals surface area contributed by atoms with E-state index < -0.39 is 6.04 Å². The fraction of sp³-hybridized carbons (Fsp3) is 0.290. The number of hydrogen-bond donors (Lipinski definition) is 1. The van der Waals surface area contributed by atoms with E-state index in [4.69, 9.17) is 9.47 Å². The third-order valence-electron chi connectivity index (χ3n) is 7.22. The van der Waals surface area contributed by atoms with Gasteiger partial charge in [0.05, 0.1) is 25.8 Å². The van der Waals surface area contributed by atoms with E-state index in [9.17, 15) is 4.79 Å². The highest BCUT2D eigenvalue weighted by atomic mass is 16.5. The first kappa shape index (κ1) is 27.2. The van der Waals surface area contributed by atoms with E-state index in [0.717, 1.165) is 38.9 Å². The van der Waals surface area contributed by atoms with Crippen molar-refractivity contribution in [3.63, 3.8) is 0 Å². The highest BCUT2D eigenvalue weighted by Gasteiger charge is 2.31. The van der Waals surface area contributed by atoms with Crippen LogP contribution in [0.25, 0.3) is 10.9 Å². The number of tetrazole rings is 1. The normalized spacial score (nSPS) is 12.2. The van der Waals surface area contributed by atoms with E-state index in [1.807, 2.05) is 61.5 Å². The molecule has 0 spiro atoms. The standard InChI is InChI=1S/C31H34N6O3/c1-21-10-11-22(2)28-26(21)18-27(31(38)32-28)29(30-33-34-35-37(30)16-17-39-3)36(19-23-8-6-5-7-9-23)20-24-12-14-25(40-4)15-13-24/h5-15,18,29H,16-17,19-20H2,1-4H3,(H,32,38). The number of pyridine rings is 1. The van der Waals surface area contributed by atoms with Crippen molar-refractivity contribution in [1.29, 1.82) is 0 Å². The number of rotatable bonds is 11. The van der Waals surface area contributed by atoms with Gasteiger partial charge in [-0.3, -0.25) is 9.69 Å². The van der Waals surface area contributed by atoms with Crippen LogP contribution in [0.4, 0.5) is 0 Å². The summed E-state index contributed by atoms with van der Waals surface area (Å²) in [5.74, 6) is 1.37. The van der Waals surface area contributed by atoms with Crippen LogP contribution in [0.2, 0.25) is 0 Å². The third-order valence-corrected chi connectivity index (χ3v) is 7.22. The van der Waals surface area contributed by atoms with E-state index in [1.54, 1.807) is 18.9 Å². The maximum absolute atomic E-state index is 13.9. The SMILES string of the molecule is COCCn1nnnc1C(c1cc2c(C)ccc(C)c2[nH]c1=O)N(Cc1ccccc1)Cc1ccc(OC)cc1. The van der Waals surface area contributed by atoms with Crippen molar-refractivity contribution in [1.82, 2.24) is 30.1 Å². The molecule has 40 heavy (non-hydrogen) atoms. The molecule has 2 aromatic heterocycles. The Hall–Kier alpha value is -4.34. The molecule has 0 aliphatic heterocycles. The van der Waals surface area contributed by atoms with Crippen LogP contribution in [-0.4, -0.2) is 50.9 Å². The second-order valence-electron chi connectivity index (χ2n) is 9.94. The molecule has 0 amide bonds. The quantitative estimate of drug-likeness (QED) is 0.263. The van der Waals surface area contributed by atoms with Gasteiger partial charge in [0, 0.05) is 31.1 Å². The van der Waals surface area contributed by atoms with Gasteiger partial charge in [0.25, 0.3) is 5.56 Å². The van der Waals surface area contributed by atoms with Crippen LogP contribution >= 0.6 is 0 Å². The van der Waals surface area contributed by atoms with E-state index in [0.29, 0.717) is 37.6 Å². The fourth-order valence-electron chi connectivity index (χ4n) is 5.06. The van der Waals surface area contributed by atoms with Crippen LogP contribution in [0.1, 0.15) is 39.7 Å². The number of nitrogens with zero attached hydrogens (tertiary/aromatic N) is 5.